The van der Waals surface area contributed by atoms with Crippen LogP contribution >= 0.6 is 8.60 Å². The molecule has 0 saturated heterocycles. The highest BCUT2D eigenvalue weighted by atomic mass is 31.2. The second kappa shape index (κ2) is 5.56. The Bertz CT molecular complexity index is 107. The molecule has 0 aromatic carbocycles. The molecule has 0 amide bonds. The van der Waals surface area contributed by atoms with E-state index in [1.54, 1.807) is 0 Å². The molecule has 6 heteroatoms. The molecule has 0 aromatic rings. The largest absolute Gasteiger partial charge is 0.394 e. The van der Waals surface area contributed by atoms with E-state index in [1.807, 2.05) is 0 Å². The predicted octanol–water partition coefficient (Wildman–Crippen LogP) is -0.520. The van der Waals surface area contributed by atoms with Gasteiger partial charge in [0, 0.05) is 6.42 Å². The number of hydrogen-bond acceptors (Lipinski definition) is 5. The lowest BCUT2D eigenvalue weighted by Gasteiger charge is -2.01. The summed E-state index contributed by atoms with van der Waals surface area (Å²) < 4.78 is 4.03. The summed E-state index contributed by atoms with van der Waals surface area (Å²) in [4.78, 5) is 26.8. The van der Waals surface area contributed by atoms with Crippen LogP contribution in [0.4, 0.5) is 0 Å². The molecule has 60 valence electrons. The van der Waals surface area contributed by atoms with Gasteiger partial charge >= 0.3 is 14.6 Å². The minimum atomic E-state index is -2.55. The molecule has 0 rings (SSSR count). The maximum Gasteiger partial charge on any atom is 0.393 e. The zero-order valence-electron chi connectivity index (χ0n) is 5.36. The van der Waals surface area contributed by atoms with Gasteiger partial charge in [-0.15, -0.1) is 0 Å². The number of hydrogen-bond donors (Lipinski definition) is 3. The van der Waals surface area contributed by atoms with E-state index in [0.717, 1.165) is 0 Å². The fourth-order valence-corrected chi connectivity index (χ4v) is 0.657. The monoisotopic (exact) mass is 167 g/mol. The van der Waals surface area contributed by atoms with E-state index in [1.165, 1.54) is 0 Å². The minimum Gasteiger partial charge on any atom is -0.394 e. The lowest BCUT2D eigenvalue weighted by molar-refractivity contribution is -0.134. The lowest BCUT2D eigenvalue weighted by Crippen LogP contribution is -2.05. The van der Waals surface area contributed by atoms with Crippen molar-refractivity contribution in [2.24, 2.45) is 5.73 Å². The van der Waals surface area contributed by atoms with E-state index >= 15 is 0 Å². The fraction of sp³-hybridized carbons (Fsp3) is 0.750. The van der Waals surface area contributed by atoms with Gasteiger partial charge in [-0.2, -0.15) is 0 Å². The first-order chi connectivity index (χ1) is 4.66. The zero-order valence-corrected chi connectivity index (χ0v) is 6.25. The van der Waals surface area contributed by atoms with Gasteiger partial charge in [0.25, 0.3) is 0 Å². The van der Waals surface area contributed by atoms with E-state index < -0.39 is 14.6 Å². The average molecular weight is 167 g/mol. The van der Waals surface area contributed by atoms with E-state index in [-0.39, 0.29) is 6.42 Å². The van der Waals surface area contributed by atoms with E-state index in [0.29, 0.717) is 13.0 Å². The SMILES string of the molecule is NCCCC(=O)OP(O)O. The third kappa shape index (κ3) is 5.91. The Labute approximate surface area is 59.8 Å². The molecular formula is C4H10NO4P. The van der Waals surface area contributed by atoms with Crippen LogP contribution in [0, 0.1) is 0 Å². The first kappa shape index (κ1) is 9.78. The van der Waals surface area contributed by atoms with Gasteiger partial charge in [-0.3, -0.25) is 4.79 Å². The third-order valence-corrected chi connectivity index (χ3v) is 1.14. The van der Waals surface area contributed by atoms with Gasteiger partial charge in [-0.25, -0.2) is 0 Å². The number of rotatable bonds is 4. The van der Waals surface area contributed by atoms with Crippen LogP contribution < -0.4 is 5.73 Å². The second-order valence-electron chi connectivity index (χ2n) is 1.61. The summed E-state index contributed by atoms with van der Waals surface area (Å²) in [5.74, 6) is -0.624. The van der Waals surface area contributed by atoms with Crippen molar-refractivity contribution < 1.29 is 19.1 Å². The summed E-state index contributed by atoms with van der Waals surface area (Å²) in [5, 5.41) is 0. The molecule has 0 saturated carbocycles. The Morgan fingerprint density at radius 3 is 2.60 bits per heavy atom. The highest BCUT2D eigenvalue weighted by Gasteiger charge is 2.07. The van der Waals surface area contributed by atoms with Crippen molar-refractivity contribution >= 4 is 14.6 Å². The van der Waals surface area contributed by atoms with E-state index in [9.17, 15) is 4.79 Å². The van der Waals surface area contributed by atoms with Crippen LogP contribution in [0.15, 0.2) is 0 Å². The first-order valence-electron chi connectivity index (χ1n) is 2.75. The maximum atomic E-state index is 10.4. The van der Waals surface area contributed by atoms with Gasteiger partial charge in [0.2, 0.25) is 0 Å². The Balaban J connectivity index is 3.26. The van der Waals surface area contributed by atoms with Crippen molar-refractivity contribution in [1.29, 1.82) is 0 Å². The molecule has 10 heavy (non-hydrogen) atoms. The lowest BCUT2D eigenvalue weighted by atomic mass is 10.3. The molecule has 0 fully saturated rings. The Morgan fingerprint density at radius 2 is 2.20 bits per heavy atom. The topological polar surface area (TPSA) is 92.8 Å². The highest BCUT2D eigenvalue weighted by Crippen LogP contribution is 2.24. The molecule has 0 atom stereocenters. The number of carbonyl (C=O) groups is 1. The van der Waals surface area contributed by atoms with Crippen LogP contribution in [0.25, 0.3) is 0 Å². The molecule has 0 aliphatic carbocycles. The first-order valence-corrected chi connectivity index (χ1v) is 3.92. The quantitative estimate of drug-likeness (QED) is 0.490. The van der Waals surface area contributed by atoms with E-state index in [2.05, 4.69) is 4.52 Å². The Hall–Kier alpha value is -0.220. The van der Waals surface area contributed by atoms with Crippen LogP contribution in [0.5, 0.6) is 0 Å². The molecule has 4 N–H and O–H groups in total. The average Bonchev–Trinajstić information content (AvgIpc) is 1.82. The van der Waals surface area contributed by atoms with Crippen LogP contribution in [0.2, 0.25) is 0 Å². The number of carbonyl (C=O) groups excluding carboxylic acids is 1. The summed E-state index contributed by atoms with van der Waals surface area (Å²) in [5.41, 5.74) is 5.08. The molecule has 0 aromatic heterocycles. The fourth-order valence-electron chi connectivity index (χ4n) is 0.383. The Kier molecular flexibility index (Phi) is 5.43. The van der Waals surface area contributed by atoms with Crippen LogP contribution in [-0.4, -0.2) is 22.3 Å². The van der Waals surface area contributed by atoms with Gasteiger partial charge in [0.15, 0.2) is 0 Å². The molecule has 5 nitrogen and oxygen atoms in total. The van der Waals surface area contributed by atoms with Gasteiger partial charge in [0.05, 0.1) is 0 Å². The molecule has 0 bridgehead atoms. The van der Waals surface area contributed by atoms with Gasteiger partial charge in [-0.05, 0) is 13.0 Å². The second-order valence-corrected chi connectivity index (χ2v) is 2.30. The minimum absolute atomic E-state index is 0.135. The van der Waals surface area contributed by atoms with Crippen molar-refractivity contribution in [3.63, 3.8) is 0 Å². The standard InChI is InChI=1S/C4H10NO4P/c5-3-1-2-4(6)9-10(7)8/h7-8H,1-3,5H2. The van der Waals surface area contributed by atoms with Crippen LogP contribution in [0.3, 0.4) is 0 Å². The molecule has 0 aliphatic heterocycles. The van der Waals surface area contributed by atoms with E-state index in [4.69, 9.17) is 15.5 Å². The summed E-state index contributed by atoms with van der Waals surface area (Å²) in [6.45, 7) is 0.393. The summed E-state index contributed by atoms with van der Waals surface area (Å²) >= 11 is 0. The smallest absolute Gasteiger partial charge is 0.393 e. The molecule has 0 aliphatic rings. The van der Waals surface area contributed by atoms with Gasteiger partial charge < -0.3 is 20.0 Å². The maximum absolute atomic E-state index is 10.4. The van der Waals surface area contributed by atoms with Gasteiger partial charge in [-0.1, -0.05) is 0 Å². The van der Waals surface area contributed by atoms with Crippen molar-refractivity contribution in [1.82, 2.24) is 0 Å². The Morgan fingerprint density at radius 1 is 1.60 bits per heavy atom. The molecule has 0 radical (unpaired) electrons. The van der Waals surface area contributed by atoms with Crippen LogP contribution in [-0.2, 0) is 9.32 Å². The molecule has 0 heterocycles. The summed E-state index contributed by atoms with van der Waals surface area (Å²) in [6.07, 6.45) is 0.637. The van der Waals surface area contributed by atoms with Crippen LogP contribution in [0.1, 0.15) is 12.8 Å². The summed E-state index contributed by atoms with van der Waals surface area (Å²) in [6, 6.07) is 0. The van der Waals surface area contributed by atoms with Crippen molar-refractivity contribution in [3.05, 3.63) is 0 Å². The summed E-state index contributed by atoms with van der Waals surface area (Å²) in [7, 11) is -2.55. The zero-order chi connectivity index (χ0) is 7.98. The van der Waals surface area contributed by atoms with Crippen molar-refractivity contribution in [2.75, 3.05) is 6.54 Å². The number of nitrogens with two attached hydrogens (primary N) is 1. The normalized spacial score (nSPS) is 10.0. The predicted molar refractivity (Wildman–Crippen MR) is 35.7 cm³/mol. The molecular weight excluding hydrogens is 157 g/mol. The molecule has 0 unspecified atom stereocenters. The van der Waals surface area contributed by atoms with Crippen molar-refractivity contribution in [3.8, 4) is 0 Å². The highest BCUT2D eigenvalue weighted by molar-refractivity contribution is 7.40. The van der Waals surface area contributed by atoms with Gasteiger partial charge in [0.1, 0.15) is 0 Å². The molecule has 0 spiro atoms. The van der Waals surface area contributed by atoms with Crippen molar-refractivity contribution in [2.45, 2.75) is 12.8 Å². The third-order valence-electron chi connectivity index (χ3n) is 0.768.